The van der Waals surface area contributed by atoms with E-state index in [4.69, 9.17) is 0 Å². The summed E-state index contributed by atoms with van der Waals surface area (Å²) in [5.41, 5.74) is -1.70. The molecule has 14 heteroatoms. The number of nitriles is 1. The van der Waals surface area contributed by atoms with Crippen molar-refractivity contribution < 1.29 is 39.6 Å². The molecule has 0 radical (unpaired) electrons. The summed E-state index contributed by atoms with van der Waals surface area (Å²) in [6.07, 6.45) is -4.37. The minimum absolute atomic E-state index is 0.0975. The molecule has 1 aliphatic carbocycles. The normalized spacial score (nSPS) is 16.9. The average Bonchev–Trinajstić information content (AvgIpc) is 3.61. The van der Waals surface area contributed by atoms with Crippen molar-refractivity contribution >= 4 is 15.7 Å². The lowest BCUT2D eigenvalue weighted by Crippen LogP contribution is -2.57. The fraction of sp³-hybridized carbons (Fsp3) is 0.435. The van der Waals surface area contributed by atoms with Crippen LogP contribution < -0.4 is 10.6 Å². The van der Waals surface area contributed by atoms with Gasteiger partial charge < -0.3 is 5.32 Å². The largest absolute Gasteiger partial charge is 0.455 e. The molecule has 1 aromatic heterocycles. The van der Waals surface area contributed by atoms with Crippen molar-refractivity contribution in [3.63, 3.8) is 0 Å². The molecular weight excluding hydrogens is 526 g/mol. The summed E-state index contributed by atoms with van der Waals surface area (Å²) < 4.78 is 108. The first-order valence-corrected chi connectivity index (χ1v) is 12.8. The summed E-state index contributed by atoms with van der Waals surface area (Å²) >= 11 is 0. The Labute approximate surface area is 208 Å². The number of carbonyl (C=O) groups excluding carboxylic acids is 1. The van der Waals surface area contributed by atoms with E-state index in [-0.39, 0.29) is 19.3 Å². The number of hydrogen-bond acceptors (Lipinski definition) is 6. The van der Waals surface area contributed by atoms with Crippen molar-refractivity contribution in [2.24, 2.45) is 0 Å². The van der Waals surface area contributed by atoms with Gasteiger partial charge in [-0.1, -0.05) is 18.2 Å². The van der Waals surface area contributed by atoms with Crippen molar-refractivity contribution in [2.75, 3.05) is 11.5 Å². The molecular formula is C23H22F6N4O3S. The predicted molar refractivity (Wildman–Crippen MR) is 119 cm³/mol. The zero-order chi connectivity index (χ0) is 27.5. The third-order valence-corrected chi connectivity index (χ3v) is 7.44. The lowest BCUT2D eigenvalue weighted by Gasteiger charge is -2.33. The zero-order valence-corrected chi connectivity index (χ0v) is 19.9. The van der Waals surface area contributed by atoms with Gasteiger partial charge in [-0.2, -0.15) is 27.2 Å². The highest BCUT2D eigenvalue weighted by Crippen LogP contribution is 2.45. The summed E-state index contributed by atoms with van der Waals surface area (Å²) in [4.78, 5) is 16.9. The van der Waals surface area contributed by atoms with Crippen LogP contribution in [0.1, 0.15) is 30.1 Å². The van der Waals surface area contributed by atoms with E-state index >= 15 is 0 Å². The first-order chi connectivity index (χ1) is 17.2. The molecule has 1 heterocycles. The van der Waals surface area contributed by atoms with Gasteiger partial charge in [-0.15, -0.1) is 0 Å². The predicted octanol–water partition coefficient (Wildman–Crippen LogP) is 3.25. The van der Waals surface area contributed by atoms with Gasteiger partial charge in [0.15, 0.2) is 9.84 Å². The number of halogens is 6. The van der Waals surface area contributed by atoms with Gasteiger partial charge in [0.2, 0.25) is 5.91 Å². The fourth-order valence-electron chi connectivity index (χ4n) is 3.49. The molecule has 0 aliphatic heterocycles. The summed E-state index contributed by atoms with van der Waals surface area (Å²) in [6.45, 7) is 0. The highest BCUT2D eigenvalue weighted by molar-refractivity contribution is 7.91. The summed E-state index contributed by atoms with van der Waals surface area (Å²) in [5, 5.41) is 13.3. The highest BCUT2D eigenvalue weighted by Gasteiger charge is 2.63. The van der Waals surface area contributed by atoms with Crippen LogP contribution in [0, 0.1) is 17.1 Å². The van der Waals surface area contributed by atoms with E-state index in [1.165, 1.54) is 12.3 Å². The first-order valence-electron chi connectivity index (χ1n) is 11.0. The monoisotopic (exact) mass is 548 g/mol. The topological polar surface area (TPSA) is 112 Å². The molecule has 3 rings (SSSR count). The molecule has 1 aliphatic rings. The number of pyridine rings is 1. The molecule has 37 heavy (non-hydrogen) atoms. The number of benzene rings is 1. The molecule has 7 nitrogen and oxygen atoms in total. The van der Waals surface area contributed by atoms with Crippen molar-refractivity contribution in [2.45, 2.75) is 49.0 Å². The molecule has 2 N–H and O–H groups in total. The Balaban J connectivity index is 1.93. The second-order valence-electron chi connectivity index (χ2n) is 8.69. The summed E-state index contributed by atoms with van der Waals surface area (Å²) in [5.74, 6) is -9.33. The standard InChI is InChI=1S/C23H22F6N4O3S/c24-16-6-4-15(5-7-16)19(22(25,26)23(27,28)29)32-18(20(34)33-21(14-30)9-10-21)13-37(35,36)12-8-17-3-1-2-11-31-17/h1-7,11,18-19,32H,8-10,12-13H2,(H,33,34)/t18-,19-/m0/s1. The van der Waals surface area contributed by atoms with Crippen LogP contribution in [0.4, 0.5) is 26.3 Å². The Hall–Kier alpha value is -3.18. The van der Waals surface area contributed by atoms with Crippen molar-refractivity contribution in [1.29, 1.82) is 5.26 Å². The van der Waals surface area contributed by atoms with Crippen LogP contribution in [0.5, 0.6) is 0 Å². The Kier molecular flexibility index (Phi) is 8.18. The lowest BCUT2D eigenvalue weighted by atomic mass is 9.98. The number of hydrogen-bond donors (Lipinski definition) is 2. The molecule has 1 saturated carbocycles. The molecule has 0 spiro atoms. The molecule has 0 saturated heterocycles. The Morgan fingerprint density at radius 1 is 1.11 bits per heavy atom. The van der Waals surface area contributed by atoms with Gasteiger partial charge in [-0.25, -0.2) is 12.8 Å². The van der Waals surface area contributed by atoms with Crippen LogP contribution >= 0.6 is 0 Å². The number of aromatic nitrogens is 1. The third kappa shape index (κ3) is 7.20. The first kappa shape index (κ1) is 28.4. The highest BCUT2D eigenvalue weighted by atomic mass is 32.2. The second-order valence-corrected chi connectivity index (χ2v) is 10.9. The third-order valence-electron chi connectivity index (χ3n) is 5.77. The van der Waals surface area contributed by atoms with Gasteiger partial charge in [0.25, 0.3) is 0 Å². The summed E-state index contributed by atoms with van der Waals surface area (Å²) in [7, 11) is -4.21. The Morgan fingerprint density at radius 3 is 2.27 bits per heavy atom. The SMILES string of the molecule is N#CC1(NC(=O)[C@H](CS(=O)(=O)CCc2ccccn2)N[C@@H](c2ccc(F)cc2)C(F)(F)C(F)(F)F)CC1. The molecule has 2 atom stereocenters. The quantitative estimate of drug-likeness (QED) is 0.417. The van der Waals surface area contributed by atoms with Gasteiger partial charge in [0.05, 0.1) is 17.6 Å². The van der Waals surface area contributed by atoms with Gasteiger partial charge in [-0.05, 0) is 42.7 Å². The van der Waals surface area contributed by atoms with Gasteiger partial charge in [0, 0.05) is 18.3 Å². The number of aryl methyl sites for hydroxylation is 1. The maximum absolute atomic E-state index is 14.6. The molecule has 1 amide bonds. The number of carbonyl (C=O) groups is 1. The molecule has 0 bridgehead atoms. The zero-order valence-electron chi connectivity index (χ0n) is 19.1. The number of alkyl halides is 5. The summed E-state index contributed by atoms with van der Waals surface area (Å²) in [6, 6.07) is 4.18. The van der Waals surface area contributed by atoms with E-state index in [1.807, 2.05) is 5.32 Å². The minimum Gasteiger partial charge on any atom is -0.336 e. The van der Waals surface area contributed by atoms with Crippen molar-refractivity contribution in [3.8, 4) is 6.07 Å². The number of nitrogens with zero attached hydrogens (tertiary/aromatic N) is 2. The van der Waals surface area contributed by atoms with E-state index in [9.17, 15) is 44.8 Å². The molecule has 1 fully saturated rings. The molecule has 1 aromatic carbocycles. The van der Waals surface area contributed by atoms with E-state index in [2.05, 4.69) is 10.3 Å². The van der Waals surface area contributed by atoms with E-state index in [0.29, 0.717) is 30.0 Å². The Bertz CT molecular complexity index is 1240. The molecule has 200 valence electrons. The lowest BCUT2D eigenvalue weighted by molar-refractivity contribution is -0.294. The van der Waals surface area contributed by atoms with Crippen molar-refractivity contribution in [3.05, 3.63) is 65.7 Å². The maximum Gasteiger partial charge on any atom is 0.455 e. The average molecular weight is 549 g/mol. The maximum atomic E-state index is 14.6. The fourth-order valence-corrected chi connectivity index (χ4v) is 4.93. The smallest absolute Gasteiger partial charge is 0.336 e. The molecule has 2 aromatic rings. The molecule has 0 unspecified atom stereocenters. The van der Waals surface area contributed by atoms with Crippen LogP contribution in [0.25, 0.3) is 0 Å². The van der Waals surface area contributed by atoms with E-state index < -0.39 is 68.4 Å². The van der Waals surface area contributed by atoms with E-state index in [0.717, 1.165) is 0 Å². The van der Waals surface area contributed by atoms with Gasteiger partial charge in [0.1, 0.15) is 23.4 Å². The van der Waals surface area contributed by atoms with Gasteiger partial charge >= 0.3 is 12.1 Å². The van der Waals surface area contributed by atoms with Crippen molar-refractivity contribution in [1.82, 2.24) is 15.6 Å². The Morgan fingerprint density at radius 2 is 1.76 bits per heavy atom. The number of nitrogens with one attached hydrogen (secondary N) is 2. The van der Waals surface area contributed by atoms with Crippen LogP contribution in [-0.4, -0.2) is 54.5 Å². The number of amides is 1. The van der Waals surface area contributed by atoms with Crippen LogP contribution in [0.15, 0.2) is 48.7 Å². The second kappa shape index (κ2) is 10.7. The van der Waals surface area contributed by atoms with Crippen LogP contribution in [-0.2, 0) is 21.1 Å². The minimum atomic E-state index is -6.09. The number of rotatable bonds is 11. The van der Waals surface area contributed by atoms with Gasteiger partial charge in [-0.3, -0.25) is 15.1 Å². The number of sulfone groups is 1. The van der Waals surface area contributed by atoms with E-state index in [1.54, 1.807) is 18.2 Å². The van der Waals surface area contributed by atoms with Crippen LogP contribution in [0.2, 0.25) is 0 Å². The van der Waals surface area contributed by atoms with Crippen LogP contribution in [0.3, 0.4) is 0 Å².